The third-order valence-electron chi connectivity index (χ3n) is 1.75. The van der Waals surface area contributed by atoms with Gasteiger partial charge < -0.3 is 4.74 Å². The normalized spacial score (nSPS) is 9.00. The van der Waals surface area contributed by atoms with Gasteiger partial charge in [0.2, 0.25) is 5.88 Å². The number of rotatable bonds is 2. The van der Waals surface area contributed by atoms with E-state index in [4.69, 9.17) is 4.74 Å². The molecule has 2 aromatic rings. The number of esters is 1. The average molecular weight is 237 g/mol. The summed E-state index contributed by atoms with van der Waals surface area (Å²) in [6.45, 7) is 0. The number of nitrogens with zero attached hydrogens (tertiary/aromatic N) is 2. The largest absolute Gasteiger partial charge is 0.404 e. The lowest BCUT2D eigenvalue weighted by atomic mass is 10.3. The molecule has 0 aliphatic carbocycles. The molecule has 4 nitrogen and oxygen atoms in total. The van der Waals surface area contributed by atoms with Gasteiger partial charge in [-0.3, -0.25) is 4.98 Å². The second kappa shape index (κ2) is 5.82. The number of halogens is 1. The molecule has 2 aromatic heterocycles. The van der Waals surface area contributed by atoms with E-state index in [0.717, 1.165) is 0 Å². The number of pyridine rings is 2. The van der Waals surface area contributed by atoms with Crippen LogP contribution >= 0.6 is 12.4 Å². The Morgan fingerprint density at radius 1 is 1.06 bits per heavy atom. The highest BCUT2D eigenvalue weighted by atomic mass is 35.5. The van der Waals surface area contributed by atoms with Crippen molar-refractivity contribution >= 4 is 18.4 Å². The quantitative estimate of drug-likeness (QED) is 0.750. The third kappa shape index (κ3) is 3.03. The second-order valence-corrected chi connectivity index (χ2v) is 2.79. The fourth-order valence-corrected chi connectivity index (χ4v) is 1.05. The first-order valence-electron chi connectivity index (χ1n) is 4.39. The van der Waals surface area contributed by atoms with Crippen LogP contribution < -0.4 is 4.74 Å². The summed E-state index contributed by atoms with van der Waals surface area (Å²) in [5.74, 6) is -0.143. The Morgan fingerprint density at radius 3 is 2.44 bits per heavy atom. The molecule has 2 heterocycles. The summed E-state index contributed by atoms with van der Waals surface area (Å²) < 4.78 is 5.02. The van der Waals surface area contributed by atoms with Crippen LogP contribution in [0.25, 0.3) is 0 Å². The van der Waals surface area contributed by atoms with Crippen molar-refractivity contribution in [3.05, 3.63) is 54.5 Å². The van der Waals surface area contributed by atoms with Crippen LogP contribution in [0.2, 0.25) is 0 Å². The van der Waals surface area contributed by atoms with Gasteiger partial charge in [0.25, 0.3) is 0 Å². The third-order valence-corrected chi connectivity index (χ3v) is 1.75. The summed E-state index contributed by atoms with van der Waals surface area (Å²) in [7, 11) is 0. The summed E-state index contributed by atoms with van der Waals surface area (Å²) in [6, 6.07) is 8.31. The zero-order valence-electron chi connectivity index (χ0n) is 8.24. The van der Waals surface area contributed by atoms with Gasteiger partial charge in [0, 0.05) is 24.7 Å². The van der Waals surface area contributed by atoms with Crippen LogP contribution in [0.3, 0.4) is 0 Å². The molecule has 0 atom stereocenters. The molecule has 0 bridgehead atoms. The van der Waals surface area contributed by atoms with E-state index < -0.39 is 5.97 Å². The van der Waals surface area contributed by atoms with Crippen molar-refractivity contribution in [3.8, 4) is 5.88 Å². The molecule has 0 aliphatic heterocycles. The zero-order chi connectivity index (χ0) is 10.5. The lowest BCUT2D eigenvalue weighted by Crippen LogP contribution is -2.09. The smallest absolute Gasteiger partial charge is 0.344 e. The molecule has 0 N–H and O–H groups in total. The highest BCUT2D eigenvalue weighted by Gasteiger charge is 2.07. The number of carbonyl (C=O) groups excluding carboxylic acids is 1. The van der Waals surface area contributed by atoms with Crippen LogP contribution in [0.15, 0.2) is 48.9 Å². The van der Waals surface area contributed by atoms with Gasteiger partial charge in [-0.1, -0.05) is 6.07 Å². The van der Waals surface area contributed by atoms with E-state index in [1.807, 2.05) is 0 Å². The highest BCUT2D eigenvalue weighted by Crippen LogP contribution is 2.07. The van der Waals surface area contributed by atoms with Crippen LogP contribution in [0.1, 0.15) is 10.4 Å². The molecular formula is C11H9ClN2O2. The fourth-order valence-electron chi connectivity index (χ4n) is 1.05. The number of ether oxygens (including phenoxy) is 1. The Kier molecular flexibility index (Phi) is 4.42. The van der Waals surface area contributed by atoms with Crippen LogP contribution in [-0.2, 0) is 0 Å². The van der Waals surface area contributed by atoms with E-state index in [0.29, 0.717) is 11.4 Å². The first-order valence-corrected chi connectivity index (χ1v) is 4.39. The highest BCUT2D eigenvalue weighted by molar-refractivity contribution is 5.90. The van der Waals surface area contributed by atoms with Crippen molar-refractivity contribution in [1.29, 1.82) is 0 Å². The van der Waals surface area contributed by atoms with E-state index in [2.05, 4.69) is 9.97 Å². The van der Waals surface area contributed by atoms with Gasteiger partial charge >= 0.3 is 5.97 Å². The minimum Gasteiger partial charge on any atom is -0.404 e. The Labute approximate surface area is 98.7 Å². The lowest BCUT2D eigenvalue weighted by molar-refractivity contribution is 0.0727. The molecule has 0 unspecified atom stereocenters. The van der Waals surface area contributed by atoms with Crippen molar-refractivity contribution in [3.63, 3.8) is 0 Å². The Hall–Kier alpha value is -1.94. The standard InChI is InChI=1S/C11H8N2O2.ClH/c14-11(9-4-7-12-8-5-9)15-10-3-1-2-6-13-10;/h1-8H;1H. The molecule has 0 aromatic carbocycles. The Balaban J connectivity index is 0.00000128. The molecule has 0 fully saturated rings. The number of carbonyl (C=O) groups is 1. The topological polar surface area (TPSA) is 52.1 Å². The van der Waals surface area contributed by atoms with Crippen LogP contribution in [-0.4, -0.2) is 15.9 Å². The van der Waals surface area contributed by atoms with Crippen molar-refractivity contribution in [2.24, 2.45) is 0 Å². The zero-order valence-corrected chi connectivity index (χ0v) is 9.05. The second-order valence-electron chi connectivity index (χ2n) is 2.79. The van der Waals surface area contributed by atoms with Crippen LogP contribution in [0.4, 0.5) is 0 Å². The molecule has 0 spiro atoms. The fraction of sp³-hybridized carbons (Fsp3) is 0. The summed E-state index contributed by atoms with van der Waals surface area (Å²) in [5, 5.41) is 0. The van der Waals surface area contributed by atoms with Gasteiger partial charge in [-0.2, -0.15) is 0 Å². The summed E-state index contributed by atoms with van der Waals surface area (Å²) in [4.78, 5) is 19.2. The average Bonchev–Trinajstić information content (AvgIpc) is 2.31. The summed E-state index contributed by atoms with van der Waals surface area (Å²) >= 11 is 0. The van der Waals surface area contributed by atoms with Gasteiger partial charge in [-0.05, 0) is 18.2 Å². The van der Waals surface area contributed by atoms with Crippen molar-refractivity contribution in [2.75, 3.05) is 0 Å². The lowest BCUT2D eigenvalue weighted by Gasteiger charge is -2.01. The summed E-state index contributed by atoms with van der Waals surface area (Å²) in [6.07, 6.45) is 4.64. The first-order chi connectivity index (χ1) is 7.36. The van der Waals surface area contributed by atoms with E-state index >= 15 is 0 Å². The molecule has 5 heteroatoms. The SMILES string of the molecule is Cl.O=C(Oc1ccccn1)c1ccncc1. The first kappa shape index (κ1) is 12.1. The van der Waals surface area contributed by atoms with Crippen molar-refractivity contribution < 1.29 is 9.53 Å². The Morgan fingerprint density at radius 2 is 1.81 bits per heavy atom. The van der Waals surface area contributed by atoms with Gasteiger partial charge in [0.15, 0.2) is 0 Å². The Bertz CT molecular complexity index is 448. The molecule has 0 amide bonds. The number of hydrogen-bond donors (Lipinski definition) is 0. The molecular weight excluding hydrogens is 228 g/mol. The molecule has 2 rings (SSSR count). The van der Waals surface area contributed by atoms with Gasteiger partial charge in [-0.25, -0.2) is 9.78 Å². The molecule has 16 heavy (non-hydrogen) atoms. The van der Waals surface area contributed by atoms with Gasteiger partial charge in [0.05, 0.1) is 5.56 Å². The van der Waals surface area contributed by atoms with Gasteiger partial charge in [0.1, 0.15) is 0 Å². The molecule has 0 saturated carbocycles. The molecule has 82 valence electrons. The molecule has 0 saturated heterocycles. The van der Waals surface area contributed by atoms with Crippen LogP contribution in [0, 0.1) is 0 Å². The predicted octanol–water partition coefficient (Wildman–Crippen LogP) is 2.12. The number of hydrogen-bond acceptors (Lipinski definition) is 4. The maximum Gasteiger partial charge on any atom is 0.344 e. The minimum atomic E-state index is -0.434. The monoisotopic (exact) mass is 236 g/mol. The summed E-state index contributed by atoms with van der Waals surface area (Å²) in [5.41, 5.74) is 0.454. The van der Waals surface area contributed by atoms with Crippen molar-refractivity contribution in [2.45, 2.75) is 0 Å². The number of aromatic nitrogens is 2. The molecule has 0 radical (unpaired) electrons. The van der Waals surface area contributed by atoms with E-state index in [1.54, 1.807) is 36.5 Å². The molecule has 0 aliphatic rings. The van der Waals surface area contributed by atoms with Crippen molar-refractivity contribution in [1.82, 2.24) is 9.97 Å². The van der Waals surface area contributed by atoms with E-state index in [9.17, 15) is 4.79 Å². The van der Waals surface area contributed by atoms with Gasteiger partial charge in [-0.15, -0.1) is 12.4 Å². The van der Waals surface area contributed by atoms with E-state index in [1.165, 1.54) is 12.4 Å². The minimum absolute atomic E-state index is 0. The maximum absolute atomic E-state index is 11.5. The van der Waals surface area contributed by atoms with E-state index in [-0.39, 0.29) is 12.4 Å². The van der Waals surface area contributed by atoms with Crippen LogP contribution in [0.5, 0.6) is 5.88 Å². The maximum atomic E-state index is 11.5. The predicted molar refractivity (Wildman–Crippen MR) is 60.7 cm³/mol.